The number of rotatable bonds is 1. The first-order valence-electron chi connectivity index (χ1n) is 3.48. The molecule has 0 heterocycles. The van der Waals surface area contributed by atoms with E-state index < -0.39 is 0 Å². The van der Waals surface area contributed by atoms with Crippen LogP contribution in [0.5, 0.6) is 0 Å². The molecule has 0 saturated heterocycles. The first-order chi connectivity index (χ1) is 5.25. The molecule has 0 N–H and O–H groups in total. The Morgan fingerprint density at radius 2 is 2.09 bits per heavy atom. The molecule has 0 unspecified atom stereocenters. The zero-order chi connectivity index (χ0) is 8.27. The lowest BCUT2D eigenvalue weighted by Gasteiger charge is -2.02. The van der Waals surface area contributed by atoms with Crippen LogP contribution in [0.25, 0.3) is 0 Å². The monoisotopic (exact) mass is 146 g/mol. The lowest BCUT2D eigenvalue weighted by molar-refractivity contribution is -0.111. The summed E-state index contributed by atoms with van der Waals surface area (Å²) in [7, 11) is 0. The Bertz CT molecular complexity index is 277. The molecule has 0 saturated carbocycles. The molecule has 1 aliphatic carbocycles. The summed E-state index contributed by atoms with van der Waals surface area (Å²) in [6.45, 7) is 5.48. The van der Waals surface area contributed by atoms with Gasteiger partial charge < -0.3 is 0 Å². The minimum absolute atomic E-state index is 0.0601. The Labute approximate surface area is 66.4 Å². The molecular weight excluding hydrogens is 136 g/mol. The van der Waals surface area contributed by atoms with Gasteiger partial charge in [-0.3, -0.25) is 4.79 Å². The third kappa shape index (κ3) is 1.55. The van der Waals surface area contributed by atoms with Gasteiger partial charge in [0.25, 0.3) is 0 Å². The van der Waals surface area contributed by atoms with Crippen molar-refractivity contribution in [3.63, 3.8) is 0 Å². The highest BCUT2D eigenvalue weighted by molar-refractivity contribution is 6.08. The van der Waals surface area contributed by atoms with Gasteiger partial charge >= 0.3 is 0 Å². The Kier molecular flexibility index (Phi) is 2.21. The summed E-state index contributed by atoms with van der Waals surface area (Å²) in [5.74, 6) is 0.0601. The second-order valence-electron chi connectivity index (χ2n) is 2.38. The number of hydrogen-bond acceptors (Lipinski definition) is 1. The first-order valence-corrected chi connectivity index (χ1v) is 3.48. The number of hydrogen-bond donors (Lipinski definition) is 0. The molecule has 56 valence electrons. The van der Waals surface area contributed by atoms with Crippen LogP contribution in [0, 0.1) is 0 Å². The lowest BCUT2D eigenvalue weighted by atomic mass is 10.0. The summed E-state index contributed by atoms with van der Waals surface area (Å²) in [5, 5.41) is 0. The van der Waals surface area contributed by atoms with Gasteiger partial charge in [-0.2, -0.15) is 0 Å². The fourth-order valence-corrected chi connectivity index (χ4v) is 0.902. The SMILES string of the molecule is C=C/C(C)=C1\C=CC=CC1=O. The Hall–Kier alpha value is -1.37. The van der Waals surface area contributed by atoms with E-state index in [0.29, 0.717) is 0 Å². The lowest BCUT2D eigenvalue weighted by Crippen LogP contribution is -2.00. The average Bonchev–Trinajstić information content (AvgIpc) is 2.04. The quantitative estimate of drug-likeness (QED) is 0.518. The Morgan fingerprint density at radius 3 is 2.64 bits per heavy atom. The van der Waals surface area contributed by atoms with Gasteiger partial charge in [-0.15, -0.1) is 0 Å². The first kappa shape index (κ1) is 7.73. The molecule has 0 aromatic rings. The van der Waals surface area contributed by atoms with Crippen LogP contribution in [-0.2, 0) is 4.79 Å². The molecule has 0 aromatic carbocycles. The van der Waals surface area contributed by atoms with E-state index in [0.717, 1.165) is 11.1 Å². The predicted molar refractivity (Wildman–Crippen MR) is 46.2 cm³/mol. The van der Waals surface area contributed by atoms with Gasteiger partial charge in [-0.1, -0.05) is 30.9 Å². The van der Waals surface area contributed by atoms with Gasteiger partial charge in [0.05, 0.1) is 0 Å². The molecule has 1 rings (SSSR count). The van der Waals surface area contributed by atoms with Crippen LogP contribution >= 0.6 is 0 Å². The summed E-state index contributed by atoms with van der Waals surface area (Å²) in [6.07, 6.45) is 8.64. The van der Waals surface area contributed by atoms with Gasteiger partial charge in [0.2, 0.25) is 0 Å². The van der Waals surface area contributed by atoms with Crippen molar-refractivity contribution in [3.8, 4) is 0 Å². The normalized spacial score (nSPS) is 20.3. The molecular formula is C10H10O. The molecule has 0 amide bonds. The van der Waals surface area contributed by atoms with Gasteiger partial charge in [-0.25, -0.2) is 0 Å². The van der Waals surface area contributed by atoms with Crippen molar-refractivity contribution in [1.29, 1.82) is 0 Å². The third-order valence-electron chi connectivity index (χ3n) is 1.62. The van der Waals surface area contributed by atoms with Gasteiger partial charge in [0.15, 0.2) is 5.78 Å². The zero-order valence-electron chi connectivity index (χ0n) is 6.50. The van der Waals surface area contributed by atoms with Crippen molar-refractivity contribution in [3.05, 3.63) is 48.1 Å². The fraction of sp³-hybridized carbons (Fsp3) is 0.100. The molecule has 1 aliphatic rings. The van der Waals surface area contributed by atoms with Crippen molar-refractivity contribution < 1.29 is 4.79 Å². The average molecular weight is 146 g/mol. The van der Waals surface area contributed by atoms with Crippen LogP contribution in [0.2, 0.25) is 0 Å². The highest BCUT2D eigenvalue weighted by atomic mass is 16.1. The minimum atomic E-state index is 0.0601. The molecule has 11 heavy (non-hydrogen) atoms. The van der Waals surface area contributed by atoms with Gasteiger partial charge in [-0.05, 0) is 18.6 Å². The molecule has 0 atom stereocenters. The van der Waals surface area contributed by atoms with Crippen LogP contribution in [0.4, 0.5) is 0 Å². The van der Waals surface area contributed by atoms with Crippen molar-refractivity contribution in [2.24, 2.45) is 0 Å². The number of allylic oxidation sites excluding steroid dienone is 7. The number of carbonyl (C=O) groups is 1. The van der Waals surface area contributed by atoms with E-state index in [1.54, 1.807) is 24.3 Å². The van der Waals surface area contributed by atoms with Crippen molar-refractivity contribution in [2.45, 2.75) is 6.92 Å². The van der Waals surface area contributed by atoms with E-state index in [4.69, 9.17) is 0 Å². The summed E-state index contributed by atoms with van der Waals surface area (Å²) < 4.78 is 0. The third-order valence-corrected chi connectivity index (χ3v) is 1.62. The van der Waals surface area contributed by atoms with Crippen LogP contribution in [0.3, 0.4) is 0 Å². The van der Waals surface area contributed by atoms with E-state index in [9.17, 15) is 4.79 Å². The fourth-order valence-electron chi connectivity index (χ4n) is 0.902. The molecule has 0 spiro atoms. The summed E-state index contributed by atoms with van der Waals surface area (Å²) in [5.41, 5.74) is 1.66. The Morgan fingerprint density at radius 1 is 1.45 bits per heavy atom. The molecule has 0 bridgehead atoms. The van der Waals surface area contributed by atoms with E-state index in [-0.39, 0.29) is 5.78 Å². The molecule has 0 aromatic heterocycles. The summed E-state index contributed by atoms with van der Waals surface area (Å²) >= 11 is 0. The molecule has 0 radical (unpaired) electrons. The van der Waals surface area contributed by atoms with E-state index in [2.05, 4.69) is 6.58 Å². The number of carbonyl (C=O) groups excluding carboxylic acids is 1. The summed E-state index contributed by atoms with van der Waals surface area (Å²) in [4.78, 5) is 11.2. The highest BCUT2D eigenvalue weighted by Gasteiger charge is 2.06. The van der Waals surface area contributed by atoms with Crippen molar-refractivity contribution >= 4 is 5.78 Å². The van der Waals surface area contributed by atoms with Crippen LogP contribution in [0.1, 0.15) is 6.92 Å². The van der Waals surface area contributed by atoms with E-state index >= 15 is 0 Å². The number of ketones is 1. The maximum Gasteiger partial charge on any atom is 0.186 e. The van der Waals surface area contributed by atoms with Gasteiger partial charge in [0.1, 0.15) is 0 Å². The largest absolute Gasteiger partial charge is 0.289 e. The van der Waals surface area contributed by atoms with Gasteiger partial charge in [0, 0.05) is 5.57 Å². The maximum atomic E-state index is 11.2. The smallest absolute Gasteiger partial charge is 0.186 e. The molecule has 1 heteroatoms. The molecule has 0 aliphatic heterocycles. The second kappa shape index (κ2) is 3.15. The molecule has 1 nitrogen and oxygen atoms in total. The molecule has 0 fully saturated rings. The van der Waals surface area contributed by atoms with Crippen molar-refractivity contribution in [1.82, 2.24) is 0 Å². The standard InChI is InChI=1S/C10H10O/c1-3-8(2)9-6-4-5-7-10(9)11/h3-7H,1H2,2H3/b9-8+. The predicted octanol–water partition coefficient (Wildman–Crippen LogP) is 2.18. The van der Waals surface area contributed by atoms with Crippen LogP contribution < -0.4 is 0 Å². The highest BCUT2D eigenvalue weighted by Crippen LogP contribution is 2.12. The minimum Gasteiger partial charge on any atom is -0.289 e. The zero-order valence-corrected chi connectivity index (χ0v) is 6.50. The van der Waals surface area contributed by atoms with Crippen LogP contribution in [-0.4, -0.2) is 5.78 Å². The summed E-state index contributed by atoms with van der Waals surface area (Å²) in [6, 6.07) is 0. The maximum absolute atomic E-state index is 11.2. The Balaban J connectivity index is 3.07. The second-order valence-corrected chi connectivity index (χ2v) is 2.38. The van der Waals surface area contributed by atoms with E-state index in [1.807, 2.05) is 13.0 Å². The topological polar surface area (TPSA) is 17.1 Å². The van der Waals surface area contributed by atoms with Crippen LogP contribution in [0.15, 0.2) is 48.1 Å². The van der Waals surface area contributed by atoms with Crippen molar-refractivity contribution in [2.75, 3.05) is 0 Å². The van der Waals surface area contributed by atoms with E-state index in [1.165, 1.54) is 0 Å².